The number of aromatic nitrogens is 3. The van der Waals surface area contributed by atoms with Crippen molar-refractivity contribution in [1.82, 2.24) is 14.3 Å². The van der Waals surface area contributed by atoms with E-state index in [1.807, 2.05) is 19.1 Å². The number of amides is 1. The van der Waals surface area contributed by atoms with Gasteiger partial charge in [0.25, 0.3) is 11.5 Å². The van der Waals surface area contributed by atoms with Crippen molar-refractivity contribution in [2.24, 2.45) is 7.05 Å². The van der Waals surface area contributed by atoms with Gasteiger partial charge in [0.2, 0.25) is 5.69 Å². The molecule has 7 nitrogen and oxygen atoms in total. The summed E-state index contributed by atoms with van der Waals surface area (Å²) >= 11 is 5.81. The molecule has 1 heterocycles. The van der Waals surface area contributed by atoms with Crippen molar-refractivity contribution in [1.29, 1.82) is 0 Å². The molecule has 132 valence electrons. The van der Waals surface area contributed by atoms with E-state index >= 15 is 0 Å². The fourth-order valence-corrected chi connectivity index (χ4v) is 2.42. The van der Waals surface area contributed by atoms with Gasteiger partial charge in [0.1, 0.15) is 0 Å². The Morgan fingerprint density at radius 1 is 1.04 bits per heavy atom. The zero-order chi connectivity index (χ0) is 18.8. The average Bonchev–Trinajstić information content (AvgIpc) is 2.63. The van der Waals surface area contributed by atoms with Crippen molar-refractivity contribution in [3.05, 3.63) is 85.6 Å². The van der Waals surface area contributed by atoms with Crippen LogP contribution in [-0.4, -0.2) is 20.3 Å². The third kappa shape index (κ3) is 3.43. The van der Waals surface area contributed by atoms with Crippen molar-refractivity contribution in [2.45, 2.75) is 6.92 Å². The molecule has 0 saturated heterocycles. The molecule has 0 spiro atoms. The first-order valence-electron chi connectivity index (χ1n) is 7.71. The number of hydrogen-bond donors (Lipinski definition) is 1. The van der Waals surface area contributed by atoms with Crippen LogP contribution in [0.1, 0.15) is 16.1 Å². The van der Waals surface area contributed by atoms with Gasteiger partial charge in [-0.3, -0.25) is 14.2 Å². The second kappa shape index (κ2) is 6.97. The maximum Gasteiger partial charge on any atom is 0.351 e. The number of benzene rings is 2. The molecule has 2 aromatic carbocycles. The molecule has 0 saturated carbocycles. The summed E-state index contributed by atoms with van der Waals surface area (Å²) in [7, 11) is 1.30. The summed E-state index contributed by atoms with van der Waals surface area (Å²) in [6.45, 7) is 1.91. The van der Waals surface area contributed by atoms with Crippen molar-refractivity contribution < 1.29 is 4.79 Å². The molecule has 3 rings (SSSR count). The van der Waals surface area contributed by atoms with Crippen LogP contribution in [0.5, 0.6) is 0 Å². The molecule has 0 aliphatic carbocycles. The average molecular weight is 371 g/mol. The minimum absolute atomic E-state index is 0.386. The van der Waals surface area contributed by atoms with E-state index in [0.29, 0.717) is 16.4 Å². The van der Waals surface area contributed by atoms with Gasteiger partial charge in [-0.1, -0.05) is 29.3 Å². The number of hydrogen-bond acceptors (Lipinski definition) is 4. The SMILES string of the molecule is Cc1ccc(-n2nc(C(=O)Nc3ccc(Cl)cc3)c(=O)n(C)c2=O)cc1. The van der Waals surface area contributed by atoms with E-state index in [9.17, 15) is 14.4 Å². The van der Waals surface area contributed by atoms with Gasteiger partial charge in [-0.05, 0) is 43.3 Å². The first-order valence-corrected chi connectivity index (χ1v) is 8.09. The number of carbonyl (C=O) groups is 1. The Hall–Kier alpha value is -3.19. The molecule has 0 atom stereocenters. The Morgan fingerprint density at radius 3 is 2.27 bits per heavy atom. The van der Waals surface area contributed by atoms with Crippen molar-refractivity contribution in [2.75, 3.05) is 5.32 Å². The van der Waals surface area contributed by atoms with E-state index in [-0.39, 0.29) is 5.69 Å². The summed E-state index contributed by atoms with van der Waals surface area (Å²) in [5.74, 6) is -0.714. The molecular formula is C18H15ClN4O3. The van der Waals surface area contributed by atoms with Crippen LogP contribution in [0.15, 0.2) is 58.1 Å². The van der Waals surface area contributed by atoms with Crippen molar-refractivity contribution >= 4 is 23.2 Å². The predicted molar refractivity (Wildman–Crippen MR) is 99.2 cm³/mol. The Labute approximate surface area is 153 Å². The summed E-state index contributed by atoms with van der Waals surface area (Å²) < 4.78 is 1.88. The standard InChI is InChI=1S/C18H15ClN4O3/c1-11-3-9-14(10-4-11)23-18(26)22(2)17(25)15(21-23)16(24)20-13-7-5-12(19)6-8-13/h3-10H,1-2H3,(H,20,24). The lowest BCUT2D eigenvalue weighted by molar-refractivity contribution is 0.101. The quantitative estimate of drug-likeness (QED) is 0.765. The third-order valence-corrected chi connectivity index (χ3v) is 4.02. The zero-order valence-electron chi connectivity index (χ0n) is 14.1. The van der Waals surface area contributed by atoms with Gasteiger partial charge in [-0.15, -0.1) is 0 Å². The predicted octanol–water partition coefficient (Wildman–Crippen LogP) is 2.15. The minimum atomic E-state index is -0.773. The fraction of sp³-hybridized carbons (Fsp3) is 0.111. The lowest BCUT2D eigenvalue weighted by Crippen LogP contribution is -2.43. The molecule has 0 aliphatic heterocycles. The molecule has 3 aromatic rings. The van der Waals surface area contributed by atoms with Crippen LogP contribution in [0, 0.1) is 6.92 Å². The molecule has 0 bridgehead atoms. The smallest absolute Gasteiger partial charge is 0.320 e. The number of nitrogens with zero attached hydrogens (tertiary/aromatic N) is 3. The first kappa shape index (κ1) is 17.6. The Morgan fingerprint density at radius 2 is 1.65 bits per heavy atom. The van der Waals surface area contributed by atoms with Crippen LogP contribution in [0.4, 0.5) is 5.69 Å². The normalized spacial score (nSPS) is 10.6. The van der Waals surface area contributed by atoms with Gasteiger partial charge in [0, 0.05) is 17.8 Å². The minimum Gasteiger partial charge on any atom is -0.320 e. The highest BCUT2D eigenvalue weighted by atomic mass is 35.5. The lowest BCUT2D eigenvalue weighted by atomic mass is 10.2. The number of aryl methyl sites for hydroxylation is 1. The molecule has 0 radical (unpaired) electrons. The fourth-order valence-electron chi connectivity index (χ4n) is 2.29. The Balaban J connectivity index is 2.05. The molecule has 1 amide bonds. The topological polar surface area (TPSA) is 86.0 Å². The van der Waals surface area contributed by atoms with Gasteiger partial charge in [0.05, 0.1) is 5.69 Å². The number of carbonyl (C=O) groups excluding carboxylic acids is 1. The molecule has 0 aliphatic rings. The third-order valence-electron chi connectivity index (χ3n) is 3.77. The van der Waals surface area contributed by atoms with E-state index in [4.69, 9.17) is 11.6 Å². The van der Waals surface area contributed by atoms with Gasteiger partial charge < -0.3 is 5.32 Å². The van der Waals surface area contributed by atoms with Gasteiger partial charge >= 0.3 is 5.69 Å². The molecule has 26 heavy (non-hydrogen) atoms. The number of anilines is 1. The monoisotopic (exact) mass is 370 g/mol. The molecule has 8 heteroatoms. The molecule has 0 fully saturated rings. The highest BCUT2D eigenvalue weighted by molar-refractivity contribution is 6.30. The molecule has 0 unspecified atom stereocenters. The zero-order valence-corrected chi connectivity index (χ0v) is 14.8. The molecule has 1 N–H and O–H groups in total. The summed E-state index contributed by atoms with van der Waals surface area (Å²) in [5.41, 5.74) is 0.120. The van der Waals surface area contributed by atoms with Gasteiger partial charge in [-0.25, -0.2) is 4.79 Å². The van der Waals surface area contributed by atoms with Crippen LogP contribution in [0.2, 0.25) is 5.02 Å². The summed E-state index contributed by atoms with van der Waals surface area (Å²) in [6.07, 6.45) is 0. The van der Waals surface area contributed by atoms with Gasteiger partial charge in [-0.2, -0.15) is 9.78 Å². The lowest BCUT2D eigenvalue weighted by Gasteiger charge is -2.10. The Bertz CT molecular complexity index is 1080. The summed E-state index contributed by atoms with van der Waals surface area (Å²) in [6, 6.07) is 13.4. The molecule has 1 aromatic heterocycles. The second-order valence-electron chi connectivity index (χ2n) is 5.70. The van der Waals surface area contributed by atoms with Crippen LogP contribution in [-0.2, 0) is 7.05 Å². The maximum atomic E-state index is 12.5. The van der Waals surface area contributed by atoms with Crippen molar-refractivity contribution in [3.8, 4) is 5.69 Å². The largest absolute Gasteiger partial charge is 0.351 e. The van der Waals surface area contributed by atoms with E-state index in [1.54, 1.807) is 36.4 Å². The van der Waals surface area contributed by atoms with E-state index in [2.05, 4.69) is 10.4 Å². The van der Waals surface area contributed by atoms with Crippen molar-refractivity contribution in [3.63, 3.8) is 0 Å². The van der Waals surface area contributed by atoms with Crippen LogP contribution >= 0.6 is 11.6 Å². The second-order valence-corrected chi connectivity index (χ2v) is 6.14. The van der Waals surface area contributed by atoms with Crippen LogP contribution in [0.25, 0.3) is 5.69 Å². The number of nitrogens with one attached hydrogen (secondary N) is 1. The van der Waals surface area contributed by atoms with Crippen LogP contribution in [0.3, 0.4) is 0 Å². The summed E-state index contributed by atoms with van der Waals surface area (Å²) in [5, 5.41) is 7.07. The summed E-state index contributed by atoms with van der Waals surface area (Å²) in [4.78, 5) is 37.2. The van der Waals surface area contributed by atoms with E-state index < -0.39 is 17.2 Å². The number of rotatable bonds is 3. The van der Waals surface area contributed by atoms with E-state index in [1.165, 1.54) is 7.05 Å². The van der Waals surface area contributed by atoms with Crippen LogP contribution < -0.4 is 16.6 Å². The molecular weight excluding hydrogens is 356 g/mol. The first-order chi connectivity index (χ1) is 12.4. The number of halogens is 1. The van der Waals surface area contributed by atoms with Gasteiger partial charge in [0.15, 0.2) is 0 Å². The van der Waals surface area contributed by atoms with E-state index in [0.717, 1.165) is 14.8 Å². The highest BCUT2D eigenvalue weighted by Crippen LogP contribution is 2.13. The Kier molecular flexibility index (Phi) is 4.73. The highest BCUT2D eigenvalue weighted by Gasteiger charge is 2.18. The maximum absolute atomic E-state index is 12.5.